The van der Waals surface area contributed by atoms with Crippen LogP contribution in [-0.2, 0) is 11.3 Å². The Morgan fingerprint density at radius 1 is 1.33 bits per heavy atom. The predicted octanol–water partition coefficient (Wildman–Crippen LogP) is 2.08. The van der Waals surface area contributed by atoms with Gasteiger partial charge in [-0.25, -0.2) is 4.98 Å². The standard InChI is InChI=1S/C18H20N4O2/c1-21(18(12-19)9-5-2-6-10-18)16(23)11-22-13-20-15-8-4-3-7-14(15)17(22)24/h3-4,7-8,13H,2,5-6,9-11H2,1H3. The van der Waals surface area contributed by atoms with Gasteiger partial charge in [0, 0.05) is 7.05 Å². The molecule has 24 heavy (non-hydrogen) atoms. The fourth-order valence-corrected chi connectivity index (χ4v) is 3.37. The van der Waals surface area contributed by atoms with Crippen molar-refractivity contribution in [3.05, 3.63) is 40.9 Å². The molecule has 0 radical (unpaired) electrons. The summed E-state index contributed by atoms with van der Waals surface area (Å²) in [7, 11) is 1.66. The van der Waals surface area contributed by atoms with Gasteiger partial charge >= 0.3 is 0 Å². The molecule has 1 heterocycles. The Balaban J connectivity index is 1.86. The third-order valence-corrected chi connectivity index (χ3v) is 4.94. The van der Waals surface area contributed by atoms with Crippen molar-refractivity contribution in [1.29, 1.82) is 5.26 Å². The first-order chi connectivity index (χ1) is 11.6. The minimum atomic E-state index is -0.747. The van der Waals surface area contributed by atoms with E-state index in [1.807, 2.05) is 6.07 Å². The molecule has 6 nitrogen and oxygen atoms in total. The van der Waals surface area contributed by atoms with E-state index in [0.29, 0.717) is 23.7 Å². The van der Waals surface area contributed by atoms with E-state index in [9.17, 15) is 14.9 Å². The summed E-state index contributed by atoms with van der Waals surface area (Å²) in [6.45, 7) is -0.101. The highest BCUT2D eigenvalue weighted by molar-refractivity contribution is 5.79. The van der Waals surface area contributed by atoms with Gasteiger partial charge in [-0.3, -0.25) is 14.2 Å². The molecule has 1 aliphatic carbocycles. The van der Waals surface area contributed by atoms with E-state index in [1.165, 1.54) is 15.8 Å². The number of rotatable bonds is 3. The first-order valence-electron chi connectivity index (χ1n) is 8.19. The number of benzene rings is 1. The third kappa shape index (κ3) is 2.78. The van der Waals surface area contributed by atoms with Crippen LogP contribution in [0.15, 0.2) is 35.4 Å². The van der Waals surface area contributed by atoms with E-state index in [0.717, 1.165) is 19.3 Å². The summed E-state index contributed by atoms with van der Waals surface area (Å²) < 4.78 is 1.31. The largest absolute Gasteiger partial charge is 0.325 e. The van der Waals surface area contributed by atoms with Crippen LogP contribution in [0.25, 0.3) is 10.9 Å². The minimum Gasteiger partial charge on any atom is -0.325 e. The zero-order valence-corrected chi connectivity index (χ0v) is 13.7. The van der Waals surface area contributed by atoms with Crippen LogP contribution in [0.4, 0.5) is 0 Å². The van der Waals surface area contributed by atoms with Crippen LogP contribution in [0.5, 0.6) is 0 Å². The van der Waals surface area contributed by atoms with E-state index in [-0.39, 0.29) is 18.0 Å². The van der Waals surface area contributed by atoms with Crippen LogP contribution < -0.4 is 5.56 Å². The Kier molecular flexibility index (Phi) is 4.34. The Labute approximate surface area is 140 Å². The van der Waals surface area contributed by atoms with E-state index in [4.69, 9.17) is 0 Å². The SMILES string of the molecule is CN(C(=O)Cn1cnc2ccccc2c1=O)C1(C#N)CCCCC1. The molecule has 0 unspecified atom stereocenters. The molecule has 0 N–H and O–H groups in total. The van der Waals surface area contributed by atoms with Gasteiger partial charge in [0.1, 0.15) is 12.1 Å². The molecular weight excluding hydrogens is 304 g/mol. The highest BCUT2D eigenvalue weighted by Gasteiger charge is 2.38. The average molecular weight is 324 g/mol. The van der Waals surface area contributed by atoms with Gasteiger partial charge in [0.05, 0.1) is 23.3 Å². The average Bonchev–Trinajstić information content (AvgIpc) is 2.64. The van der Waals surface area contributed by atoms with Gasteiger partial charge in [-0.05, 0) is 25.0 Å². The lowest BCUT2D eigenvalue weighted by Crippen LogP contribution is -2.51. The van der Waals surface area contributed by atoms with Gasteiger partial charge in [0.2, 0.25) is 5.91 Å². The van der Waals surface area contributed by atoms with Crippen molar-refractivity contribution in [3.63, 3.8) is 0 Å². The highest BCUT2D eigenvalue weighted by Crippen LogP contribution is 2.32. The van der Waals surface area contributed by atoms with Gasteiger partial charge in [0.25, 0.3) is 5.56 Å². The molecule has 124 valence electrons. The molecule has 2 aromatic rings. The molecule has 1 aliphatic rings. The summed E-state index contributed by atoms with van der Waals surface area (Å²) in [5.41, 5.74) is -0.374. The predicted molar refractivity (Wildman–Crippen MR) is 90.2 cm³/mol. The van der Waals surface area contributed by atoms with Gasteiger partial charge < -0.3 is 4.90 Å². The number of nitrogens with zero attached hydrogens (tertiary/aromatic N) is 4. The molecule has 1 fully saturated rings. The van der Waals surface area contributed by atoms with Gasteiger partial charge in [-0.2, -0.15) is 5.26 Å². The van der Waals surface area contributed by atoms with E-state index in [2.05, 4.69) is 11.1 Å². The first kappa shape index (κ1) is 16.2. The topological polar surface area (TPSA) is 79.0 Å². The zero-order valence-electron chi connectivity index (χ0n) is 13.7. The number of hydrogen-bond donors (Lipinski definition) is 0. The quantitative estimate of drug-likeness (QED) is 0.866. The maximum atomic E-state index is 12.7. The molecule has 0 aliphatic heterocycles. The number of carbonyl (C=O) groups excluding carboxylic acids is 1. The van der Waals surface area contributed by atoms with E-state index in [1.54, 1.807) is 25.2 Å². The Bertz CT molecular complexity index is 859. The van der Waals surface area contributed by atoms with Crippen LogP contribution >= 0.6 is 0 Å². The van der Waals surface area contributed by atoms with Gasteiger partial charge in [-0.15, -0.1) is 0 Å². The third-order valence-electron chi connectivity index (χ3n) is 4.94. The van der Waals surface area contributed by atoms with Crippen molar-refractivity contribution in [3.8, 4) is 6.07 Å². The van der Waals surface area contributed by atoms with Gasteiger partial charge in [-0.1, -0.05) is 31.4 Å². The summed E-state index contributed by atoms with van der Waals surface area (Å²) in [6, 6.07) is 9.39. The summed E-state index contributed by atoms with van der Waals surface area (Å²) in [4.78, 5) is 30.9. The van der Waals surface area contributed by atoms with Crippen LogP contribution in [0.1, 0.15) is 32.1 Å². The second-order valence-electron chi connectivity index (χ2n) is 6.35. The second kappa shape index (κ2) is 6.44. The van der Waals surface area contributed by atoms with Crippen molar-refractivity contribution < 1.29 is 4.79 Å². The zero-order chi connectivity index (χ0) is 17.2. The lowest BCUT2D eigenvalue weighted by Gasteiger charge is -2.39. The number of carbonyl (C=O) groups is 1. The van der Waals surface area contributed by atoms with Crippen molar-refractivity contribution in [2.75, 3.05) is 7.05 Å². The van der Waals surface area contributed by atoms with Crippen molar-refractivity contribution >= 4 is 16.8 Å². The van der Waals surface area contributed by atoms with Crippen molar-refractivity contribution in [2.45, 2.75) is 44.2 Å². The number of nitriles is 1. The molecule has 3 rings (SSSR count). The molecule has 0 bridgehead atoms. The Hall–Kier alpha value is -2.68. The van der Waals surface area contributed by atoms with E-state index < -0.39 is 5.54 Å². The summed E-state index contributed by atoms with van der Waals surface area (Å²) in [5.74, 6) is -0.238. The molecular formula is C18H20N4O2. The molecule has 1 amide bonds. The maximum Gasteiger partial charge on any atom is 0.261 e. The number of hydrogen-bond acceptors (Lipinski definition) is 4. The molecule has 0 spiro atoms. The molecule has 1 aromatic heterocycles. The Morgan fingerprint density at radius 3 is 2.75 bits per heavy atom. The lowest BCUT2D eigenvalue weighted by atomic mass is 9.81. The molecule has 6 heteroatoms. The number of likely N-dealkylation sites (N-methyl/N-ethyl adjacent to an activating group) is 1. The van der Waals surface area contributed by atoms with Crippen molar-refractivity contribution in [2.24, 2.45) is 0 Å². The number of aromatic nitrogens is 2. The van der Waals surface area contributed by atoms with Gasteiger partial charge in [0.15, 0.2) is 0 Å². The second-order valence-corrected chi connectivity index (χ2v) is 6.35. The normalized spacial score (nSPS) is 16.5. The number of para-hydroxylation sites is 1. The van der Waals surface area contributed by atoms with Crippen LogP contribution in [-0.4, -0.2) is 32.9 Å². The molecule has 1 aromatic carbocycles. The fraction of sp³-hybridized carbons (Fsp3) is 0.444. The molecule has 0 saturated heterocycles. The van der Waals surface area contributed by atoms with Crippen molar-refractivity contribution in [1.82, 2.24) is 14.5 Å². The minimum absolute atomic E-state index is 0.101. The van der Waals surface area contributed by atoms with Crippen LogP contribution in [0.3, 0.4) is 0 Å². The summed E-state index contributed by atoms with van der Waals surface area (Å²) in [6.07, 6.45) is 5.77. The smallest absolute Gasteiger partial charge is 0.261 e. The molecule has 1 saturated carbocycles. The highest BCUT2D eigenvalue weighted by atomic mass is 16.2. The fourth-order valence-electron chi connectivity index (χ4n) is 3.37. The van der Waals surface area contributed by atoms with E-state index >= 15 is 0 Å². The van der Waals surface area contributed by atoms with Crippen LogP contribution in [0.2, 0.25) is 0 Å². The lowest BCUT2D eigenvalue weighted by molar-refractivity contribution is -0.135. The summed E-state index contributed by atoms with van der Waals surface area (Å²) >= 11 is 0. The Morgan fingerprint density at radius 2 is 2.04 bits per heavy atom. The monoisotopic (exact) mass is 324 g/mol. The van der Waals surface area contributed by atoms with Crippen LogP contribution in [0, 0.1) is 11.3 Å². The number of amides is 1. The maximum absolute atomic E-state index is 12.7. The number of fused-ring (bicyclic) bond motifs is 1. The molecule has 0 atom stereocenters. The summed E-state index contributed by atoms with van der Waals surface area (Å²) in [5, 5.41) is 10.1. The first-order valence-corrected chi connectivity index (χ1v) is 8.19.